The lowest BCUT2D eigenvalue weighted by Crippen LogP contribution is -2.43. The van der Waals surface area contributed by atoms with Gasteiger partial charge >= 0.3 is 18.4 Å². The summed E-state index contributed by atoms with van der Waals surface area (Å²) in [5.74, 6) is -3.53. The van der Waals surface area contributed by atoms with Crippen LogP contribution in [0.5, 0.6) is 11.8 Å². The molecule has 2 atom stereocenters. The lowest BCUT2D eigenvalue weighted by atomic mass is 9.90. The van der Waals surface area contributed by atoms with E-state index < -0.39 is 36.4 Å². The van der Waals surface area contributed by atoms with E-state index in [1.54, 1.807) is 0 Å². The van der Waals surface area contributed by atoms with Crippen molar-refractivity contribution in [2.75, 3.05) is 0 Å². The highest BCUT2D eigenvalue weighted by Gasteiger charge is 2.33. The van der Waals surface area contributed by atoms with Crippen LogP contribution in [0.1, 0.15) is 47.6 Å². The molecule has 194 valence electrons. The van der Waals surface area contributed by atoms with Gasteiger partial charge < -0.3 is 20.3 Å². The highest BCUT2D eigenvalue weighted by Crippen LogP contribution is 2.43. The van der Waals surface area contributed by atoms with E-state index >= 15 is 0 Å². The number of nitrogens with zero attached hydrogens (tertiary/aromatic N) is 3. The van der Waals surface area contributed by atoms with Crippen LogP contribution < -0.4 is 5.32 Å². The van der Waals surface area contributed by atoms with Crippen molar-refractivity contribution >= 4 is 28.7 Å². The maximum atomic E-state index is 12.5. The monoisotopic (exact) mass is 514 g/mol. The number of alkyl carbamates (subject to hydrolysis) is 1. The summed E-state index contributed by atoms with van der Waals surface area (Å²) in [6, 6.07) is 12.1. The lowest BCUT2D eigenvalue weighted by Gasteiger charge is -2.33. The largest absolute Gasteiger partial charge is 0.494 e. The molecule has 1 aromatic heterocycles. The van der Waals surface area contributed by atoms with Crippen molar-refractivity contribution in [1.29, 1.82) is 0 Å². The van der Waals surface area contributed by atoms with Crippen LogP contribution in [0.25, 0.3) is 10.8 Å². The molecule has 1 aliphatic carbocycles. The Morgan fingerprint density at radius 3 is 2.43 bits per heavy atom. The number of azo groups is 1. The van der Waals surface area contributed by atoms with Crippen LogP contribution in [0.2, 0.25) is 0 Å². The summed E-state index contributed by atoms with van der Waals surface area (Å²) in [6.45, 7) is 0.0883. The highest BCUT2D eigenvalue weighted by atomic mass is 19.3. The van der Waals surface area contributed by atoms with Gasteiger partial charge in [0.05, 0.1) is 12.1 Å². The van der Waals surface area contributed by atoms with E-state index in [-0.39, 0.29) is 34.7 Å². The summed E-state index contributed by atoms with van der Waals surface area (Å²) in [4.78, 5) is 35.6. The Morgan fingerprint density at radius 2 is 1.70 bits per heavy atom. The number of carbonyl (C=O) groups is 3. The molecule has 2 aromatic carbocycles. The molecular weight excluding hydrogens is 490 g/mol. The van der Waals surface area contributed by atoms with Crippen molar-refractivity contribution in [1.82, 2.24) is 9.88 Å². The molecule has 3 amide bonds. The molecule has 37 heavy (non-hydrogen) atoms. The topological polar surface area (TPSA) is 143 Å². The Bertz CT molecular complexity index is 1340. The molecule has 1 fully saturated rings. The quantitative estimate of drug-likeness (QED) is 0.402. The van der Waals surface area contributed by atoms with Crippen molar-refractivity contribution in [2.45, 2.75) is 50.8 Å². The van der Waals surface area contributed by atoms with E-state index in [2.05, 4.69) is 15.5 Å². The van der Waals surface area contributed by atoms with Gasteiger partial charge in [-0.15, -0.1) is 10.2 Å². The smallest absolute Gasteiger partial charge is 0.407 e. The number of nitrogens with one attached hydrogen (secondary N) is 1. The summed E-state index contributed by atoms with van der Waals surface area (Å²) in [5.41, 5.74) is 0.696. The number of benzene rings is 2. The average molecular weight is 514 g/mol. The van der Waals surface area contributed by atoms with Crippen molar-refractivity contribution in [2.24, 2.45) is 10.2 Å². The first-order valence-corrected chi connectivity index (χ1v) is 11.6. The Hall–Kier alpha value is -4.35. The number of hydrogen-bond acceptors (Lipinski definition) is 6. The van der Waals surface area contributed by atoms with E-state index in [0.29, 0.717) is 12.8 Å². The van der Waals surface area contributed by atoms with Gasteiger partial charge in [0.25, 0.3) is 5.91 Å². The van der Waals surface area contributed by atoms with Gasteiger partial charge in [0, 0.05) is 16.3 Å². The fraction of sp³-hybridized carbons (Fsp3) is 0.320. The third-order valence-electron chi connectivity index (χ3n) is 6.21. The summed E-state index contributed by atoms with van der Waals surface area (Å²) in [5, 5.41) is 30.7. The first kappa shape index (κ1) is 25.7. The second-order valence-corrected chi connectivity index (χ2v) is 8.59. The molecule has 0 radical (unpaired) electrons. The standard InChI is InChI=1S/C25H24F2N4O6/c26-20(27)22(33)30-29-21(32)15-10-11-16-17(12-15)24(35)31(23(16)34)19-9-5-4-8-18(19)28-25(36)37-13-14-6-2-1-3-7-14/h1-3,6-7,10-12,18-20,34-35H,4-5,8-9,13H2,(H,28,36)/t18-,19-/m1/s1. The maximum Gasteiger partial charge on any atom is 0.407 e. The number of rotatable bonds is 6. The molecule has 3 aromatic rings. The van der Waals surface area contributed by atoms with E-state index in [1.165, 1.54) is 22.8 Å². The van der Waals surface area contributed by atoms with Gasteiger partial charge in [-0.25, -0.2) is 4.79 Å². The van der Waals surface area contributed by atoms with Crippen LogP contribution in [0.4, 0.5) is 13.6 Å². The molecule has 1 aliphatic rings. The van der Waals surface area contributed by atoms with Crippen LogP contribution in [0.15, 0.2) is 58.8 Å². The molecule has 4 rings (SSSR count). The first-order chi connectivity index (χ1) is 17.8. The number of carbonyl (C=O) groups excluding carboxylic acids is 3. The minimum absolute atomic E-state index is 0.0883. The predicted molar refractivity (Wildman–Crippen MR) is 127 cm³/mol. The molecule has 0 spiro atoms. The molecule has 3 N–H and O–H groups in total. The summed E-state index contributed by atoms with van der Waals surface area (Å²) >= 11 is 0. The number of aromatic nitrogens is 1. The second-order valence-electron chi connectivity index (χ2n) is 8.59. The van der Waals surface area contributed by atoms with Gasteiger partial charge in [0.2, 0.25) is 11.8 Å². The number of halogens is 2. The van der Waals surface area contributed by atoms with E-state index in [0.717, 1.165) is 18.4 Å². The fourth-order valence-electron chi connectivity index (χ4n) is 4.43. The predicted octanol–water partition coefficient (Wildman–Crippen LogP) is 4.85. The molecule has 1 heterocycles. The zero-order valence-electron chi connectivity index (χ0n) is 19.5. The third-order valence-corrected chi connectivity index (χ3v) is 6.21. The number of aromatic hydroxyl groups is 2. The van der Waals surface area contributed by atoms with Crippen LogP contribution in [-0.4, -0.2) is 45.2 Å². The normalized spacial score (nSPS) is 17.8. The van der Waals surface area contributed by atoms with Crippen LogP contribution in [-0.2, 0) is 16.1 Å². The van der Waals surface area contributed by atoms with E-state index in [4.69, 9.17) is 4.74 Å². The zero-order valence-corrected chi connectivity index (χ0v) is 19.5. The van der Waals surface area contributed by atoms with Crippen LogP contribution in [0, 0.1) is 0 Å². The Morgan fingerprint density at radius 1 is 1.00 bits per heavy atom. The molecular formula is C25H24F2N4O6. The molecule has 1 saturated carbocycles. The second kappa shape index (κ2) is 11.1. The van der Waals surface area contributed by atoms with Gasteiger partial charge in [-0.05, 0) is 36.6 Å². The van der Waals surface area contributed by atoms with Crippen LogP contribution in [0.3, 0.4) is 0 Å². The maximum absolute atomic E-state index is 12.5. The summed E-state index contributed by atoms with van der Waals surface area (Å²) < 4.78 is 31.2. The fourth-order valence-corrected chi connectivity index (χ4v) is 4.43. The number of ether oxygens (including phenoxy) is 1. The molecule has 0 bridgehead atoms. The molecule has 0 aliphatic heterocycles. The van der Waals surface area contributed by atoms with Gasteiger partial charge in [0.1, 0.15) is 6.61 Å². The van der Waals surface area contributed by atoms with E-state index in [1.807, 2.05) is 30.3 Å². The SMILES string of the molecule is O=C(N[C@@H]1CCCC[C@H]1n1c(O)c2ccc(C(=O)N=NC(=O)C(F)F)cc2c1O)OCc1ccccc1. The van der Waals surface area contributed by atoms with Gasteiger partial charge in [-0.1, -0.05) is 43.2 Å². The zero-order chi connectivity index (χ0) is 26.5. The third kappa shape index (κ3) is 5.74. The van der Waals surface area contributed by atoms with Crippen molar-refractivity contribution in [3.8, 4) is 11.8 Å². The molecule has 0 unspecified atom stereocenters. The number of fused-ring (bicyclic) bond motifs is 1. The average Bonchev–Trinajstić information content (AvgIpc) is 3.15. The minimum Gasteiger partial charge on any atom is -0.494 e. The van der Waals surface area contributed by atoms with Crippen molar-refractivity contribution < 1.29 is 38.1 Å². The number of hydrogen-bond donors (Lipinski definition) is 3. The summed E-state index contributed by atoms with van der Waals surface area (Å²) in [7, 11) is 0. The minimum atomic E-state index is -3.39. The lowest BCUT2D eigenvalue weighted by molar-refractivity contribution is -0.128. The van der Waals surface area contributed by atoms with Crippen LogP contribution >= 0.6 is 0 Å². The summed E-state index contributed by atoms with van der Waals surface area (Å²) in [6.07, 6.45) is -1.28. The van der Waals surface area contributed by atoms with Crippen molar-refractivity contribution in [3.63, 3.8) is 0 Å². The molecule has 0 saturated heterocycles. The van der Waals surface area contributed by atoms with Gasteiger partial charge in [-0.2, -0.15) is 8.78 Å². The Kier molecular flexibility index (Phi) is 7.75. The molecule has 10 nitrogen and oxygen atoms in total. The first-order valence-electron chi connectivity index (χ1n) is 11.6. The van der Waals surface area contributed by atoms with Gasteiger partial charge in [0.15, 0.2) is 0 Å². The highest BCUT2D eigenvalue weighted by molar-refractivity contribution is 6.02. The Balaban J connectivity index is 1.55. The van der Waals surface area contributed by atoms with E-state index in [9.17, 15) is 33.4 Å². The number of amides is 3. The van der Waals surface area contributed by atoms with Gasteiger partial charge in [-0.3, -0.25) is 14.2 Å². The Labute approximate surface area is 209 Å². The van der Waals surface area contributed by atoms with Crippen molar-refractivity contribution in [3.05, 3.63) is 59.7 Å². The molecule has 12 heteroatoms. The number of alkyl halides is 2.